The van der Waals surface area contributed by atoms with Gasteiger partial charge in [0.05, 0.1) is 24.3 Å². The van der Waals surface area contributed by atoms with E-state index in [0.29, 0.717) is 42.2 Å². The Balaban J connectivity index is 1.58. The number of nitrogens with zero attached hydrogens (tertiary/aromatic N) is 4. The van der Waals surface area contributed by atoms with Crippen molar-refractivity contribution in [2.24, 2.45) is 5.84 Å². The number of Topliss-reactive ketones (excluding diaryl/α,β-unsaturated/α-hetero) is 1. The van der Waals surface area contributed by atoms with Gasteiger partial charge in [-0.05, 0) is 43.2 Å². The molecule has 2 aromatic rings. The number of ether oxygens (including phenoxy) is 1. The summed E-state index contributed by atoms with van der Waals surface area (Å²) in [5, 5.41) is 1.41. The lowest BCUT2D eigenvalue weighted by Gasteiger charge is -2.44. The predicted octanol–water partition coefficient (Wildman–Crippen LogP) is 2.00. The van der Waals surface area contributed by atoms with E-state index in [-0.39, 0.29) is 30.4 Å². The summed E-state index contributed by atoms with van der Waals surface area (Å²) in [6.07, 6.45) is 0. The first-order valence-electron chi connectivity index (χ1n) is 12.3. The molecule has 0 spiro atoms. The van der Waals surface area contributed by atoms with Gasteiger partial charge in [-0.25, -0.2) is 10.2 Å². The van der Waals surface area contributed by atoms with E-state index in [1.54, 1.807) is 24.3 Å². The van der Waals surface area contributed by atoms with E-state index in [0.717, 1.165) is 5.56 Å². The van der Waals surface area contributed by atoms with Crippen LogP contribution in [0.2, 0.25) is 0 Å². The quantitative estimate of drug-likeness (QED) is 0.468. The molecule has 2 aliphatic heterocycles. The number of piperazine rings is 1. The van der Waals surface area contributed by atoms with Crippen LogP contribution in [0.1, 0.15) is 41.3 Å². The number of anilines is 1. The standard InChI is InChI=1S/C27H34FN5O4/c1-16-13-32(17(2)12-31(16)14-18-6-8-19(28)9-7-18)26(35)21-10-20-22(25(34)27(36)30(3)4)15-33(29)23(20)11-24(21)37-5/h6-11,16-17,22H,12-15,29H2,1-5H3/t16-,17+,22?/m0/s1. The average Bonchev–Trinajstić information content (AvgIpc) is 3.20. The number of benzene rings is 2. The Labute approximate surface area is 216 Å². The van der Waals surface area contributed by atoms with Crippen LogP contribution < -0.4 is 15.6 Å². The first-order chi connectivity index (χ1) is 17.5. The number of likely N-dealkylation sites (N-methyl/N-ethyl adjacent to an activating group) is 1. The van der Waals surface area contributed by atoms with Crippen LogP contribution in [0.4, 0.5) is 10.1 Å². The first-order valence-corrected chi connectivity index (χ1v) is 12.3. The number of rotatable bonds is 6. The smallest absolute Gasteiger partial charge is 0.290 e. The molecule has 0 bridgehead atoms. The molecule has 2 N–H and O–H groups in total. The lowest BCUT2D eigenvalue weighted by atomic mass is 9.93. The molecule has 2 aromatic carbocycles. The maximum absolute atomic E-state index is 13.8. The van der Waals surface area contributed by atoms with Gasteiger partial charge in [-0.1, -0.05) is 12.1 Å². The Morgan fingerprint density at radius 2 is 1.73 bits per heavy atom. The second-order valence-corrected chi connectivity index (χ2v) is 10.1. The number of ketones is 1. The lowest BCUT2D eigenvalue weighted by Crippen LogP contribution is -2.57. The molecular weight excluding hydrogens is 477 g/mol. The van der Waals surface area contributed by atoms with E-state index < -0.39 is 17.6 Å². The predicted molar refractivity (Wildman–Crippen MR) is 138 cm³/mol. The van der Waals surface area contributed by atoms with E-state index in [2.05, 4.69) is 11.8 Å². The fourth-order valence-electron chi connectivity index (χ4n) is 5.12. The minimum atomic E-state index is -0.767. The average molecular weight is 512 g/mol. The van der Waals surface area contributed by atoms with Crippen LogP contribution in [0.5, 0.6) is 5.75 Å². The van der Waals surface area contributed by atoms with Crippen LogP contribution in [0.3, 0.4) is 0 Å². The highest BCUT2D eigenvalue weighted by molar-refractivity contribution is 6.38. The number of nitrogens with two attached hydrogens (primary N) is 1. The van der Waals surface area contributed by atoms with Crippen molar-refractivity contribution < 1.29 is 23.5 Å². The Kier molecular flexibility index (Phi) is 7.52. The molecule has 0 radical (unpaired) electrons. The fourth-order valence-corrected chi connectivity index (χ4v) is 5.12. The number of hydrogen-bond acceptors (Lipinski definition) is 7. The van der Waals surface area contributed by atoms with E-state index in [9.17, 15) is 18.8 Å². The third kappa shape index (κ3) is 5.17. The topological polar surface area (TPSA) is 99.4 Å². The number of hydrogen-bond donors (Lipinski definition) is 1. The van der Waals surface area contributed by atoms with E-state index >= 15 is 0 Å². The Morgan fingerprint density at radius 1 is 1.05 bits per heavy atom. The van der Waals surface area contributed by atoms with Crippen molar-refractivity contribution in [2.75, 3.05) is 45.8 Å². The molecule has 4 rings (SSSR count). The molecule has 1 saturated heterocycles. The summed E-state index contributed by atoms with van der Waals surface area (Å²) in [5.74, 6) is 4.08. The molecule has 1 fully saturated rings. The molecule has 198 valence electrons. The highest BCUT2D eigenvalue weighted by atomic mass is 19.1. The molecule has 37 heavy (non-hydrogen) atoms. The minimum absolute atomic E-state index is 0.0668. The van der Waals surface area contributed by atoms with Gasteiger partial charge in [-0.3, -0.25) is 19.3 Å². The minimum Gasteiger partial charge on any atom is -0.496 e. The van der Waals surface area contributed by atoms with E-state index in [4.69, 9.17) is 10.6 Å². The number of carbonyl (C=O) groups excluding carboxylic acids is 3. The highest BCUT2D eigenvalue weighted by Crippen LogP contribution is 2.40. The van der Waals surface area contributed by atoms with Crippen LogP contribution in [0.25, 0.3) is 0 Å². The van der Waals surface area contributed by atoms with Crippen LogP contribution in [-0.4, -0.2) is 85.2 Å². The van der Waals surface area contributed by atoms with Crippen molar-refractivity contribution >= 4 is 23.3 Å². The summed E-state index contributed by atoms with van der Waals surface area (Å²) in [6.45, 7) is 5.99. The zero-order chi connectivity index (χ0) is 27.0. The molecule has 0 aromatic heterocycles. The van der Waals surface area contributed by atoms with Crippen molar-refractivity contribution in [1.29, 1.82) is 0 Å². The van der Waals surface area contributed by atoms with Gasteiger partial charge in [0.1, 0.15) is 11.6 Å². The second-order valence-electron chi connectivity index (χ2n) is 10.1. The molecular formula is C27H34FN5O4. The van der Waals surface area contributed by atoms with Gasteiger partial charge in [-0.2, -0.15) is 0 Å². The third-order valence-corrected chi connectivity index (χ3v) is 7.25. The van der Waals surface area contributed by atoms with Gasteiger partial charge in [0, 0.05) is 58.4 Å². The number of hydrazine groups is 1. The van der Waals surface area contributed by atoms with Gasteiger partial charge in [0.15, 0.2) is 0 Å². The van der Waals surface area contributed by atoms with Crippen molar-refractivity contribution in [1.82, 2.24) is 14.7 Å². The zero-order valence-electron chi connectivity index (χ0n) is 21.9. The summed E-state index contributed by atoms with van der Waals surface area (Å²) in [4.78, 5) is 44.4. The van der Waals surface area contributed by atoms with Crippen LogP contribution in [-0.2, 0) is 16.1 Å². The Hall–Kier alpha value is -3.50. The monoisotopic (exact) mass is 511 g/mol. The van der Waals surface area contributed by atoms with Crippen LogP contribution in [0.15, 0.2) is 36.4 Å². The largest absolute Gasteiger partial charge is 0.496 e. The number of carbonyl (C=O) groups is 3. The van der Waals surface area contributed by atoms with Crippen molar-refractivity contribution in [2.45, 2.75) is 38.4 Å². The van der Waals surface area contributed by atoms with Gasteiger partial charge in [0.2, 0.25) is 5.78 Å². The van der Waals surface area contributed by atoms with E-state index in [1.807, 2.05) is 11.8 Å². The van der Waals surface area contributed by atoms with Gasteiger partial charge in [0.25, 0.3) is 11.8 Å². The SMILES string of the molecule is COc1cc2c(cc1C(=O)N1C[C@H](C)N(Cc3ccc(F)cc3)C[C@H]1C)C(C(=O)C(=O)N(C)C)CN2N. The lowest BCUT2D eigenvalue weighted by molar-refractivity contribution is -0.143. The van der Waals surface area contributed by atoms with Crippen molar-refractivity contribution in [3.05, 3.63) is 58.9 Å². The molecule has 2 amide bonds. The molecule has 9 nitrogen and oxygen atoms in total. The number of methoxy groups -OCH3 is 1. The first kappa shape index (κ1) is 26.6. The highest BCUT2D eigenvalue weighted by Gasteiger charge is 2.39. The van der Waals surface area contributed by atoms with E-state index in [1.165, 1.54) is 43.2 Å². The number of halogens is 1. The zero-order valence-corrected chi connectivity index (χ0v) is 21.9. The molecule has 0 aliphatic carbocycles. The van der Waals surface area contributed by atoms with Crippen LogP contribution >= 0.6 is 0 Å². The summed E-state index contributed by atoms with van der Waals surface area (Å²) in [5.41, 5.74) is 2.44. The Bertz CT molecular complexity index is 1200. The normalized spacial score (nSPS) is 21.5. The van der Waals surface area contributed by atoms with Gasteiger partial charge >= 0.3 is 0 Å². The summed E-state index contributed by atoms with van der Waals surface area (Å²) in [6, 6.07) is 9.74. The van der Waals surface area contributed by atoms with Crippen LogP contribution in [0, 0.1) is 5.82 Å². The molecule has 1 unspecified atom stereocenters. The van der Waals surface area contributed by atoms with Gasteiger partial charge in [-0.15, -0.1) is 0 Å². The number of fused-ring (bicyclic) bond motifs is 1. The molecule has 10 heteroatoms. The maximum Gasteiger partial charge on any atom is 0.290 e. The summed E-state index contributed by atoms with van der Waals surface area (Å²) in [7, 11) is 4.54. The summed E-state index contributed by atoms with van der Waals surface area (Å²) >= 11 is 0. The number of amides is 2. The second kappa shape index (κ2) is 10.5. The molecule has 3 atom stereocenters. The maximum atomic E-state index is 13.8. The molecule has 2 heterocycles. The summed E-state index contributed by atoms with van der Waals surface area (Å²) < 4.78 is 18.9. The van der Waals surface area contributed by atoms with Crippen molar-refractivity contribution in [3.63, 3.8) is 0 Å². The molecule has 0 saturated carbocycles. The Morgan fingerprint density at radius 3 is 2.35 bits per heavy atom. The van der Waals surface area contributed by atoms with Gasteiger partial charge < -0.3 is 19.5 Å². The fraction of sp³-hybridized carbons (Fsp3) is 0.444. The van der Waals surface area contributed by atoms with Crippen molar-refractivity contribution in [3.8, 4) is 5.75 Å². The third-order valence-electron chi connectivity index (χ3n) is 7.25. The molecule has 2 aliphatic rings.